The van der Waals surface area contributed by atoms with Crippen LogP contribution in [0.25, 0.3) is 0 Å². The summed E-state index contributed by atoms with van der Waals surface area (Å²) in [6.07, 6.45) is 0. The highest BCUT2D eigenvalue weighted by Crippen LogP contribution is 2.26. The Bertz CT molecular complexity index is 337. The third-order valence-electron chi connectivity index (χ3n) is 3.05. The molecule has 0 aliphatic heterocycles. The molecule has 84 valence electrons. The van der Waals surface area contributed by atoms with E-state index < -0.39 is 0 Å². The van der Waals surface area contributed by atoms with Gasteiger partial charge in [0.2, 0.25) is 0 Å². The second-order valence-corrected chi connectivity index (χ2v) is 5.25. The van der Waals surface area contributed by atoms with Crippen molar-refractivity contribution in [2.24, 2.45) is 5.41 Å². The molecule has 0 saturated heterocycles. The van der Waals surface area contributed by atoms with Gasteiger partial charge < -0.3 is 11.1 Å². The van der Waals surface area contributed by atoms with Gasteiger partial charge in [0.1, 0.15) is 0 Å². The van der Waals surface area contributed by atoms with Gasteiger partial charge in [-0.2, -0.15) is 0 Å². The van der Waals surface area contributed by atoms with Gasteiger partial charge in [-0.15, -0.1) is 0 Å². The standard InChI is InChI=1S/C13H22N2/c1-9-11(14)7-6-8-12(9)15-10(2)13(3,4)5/h6-8,10,15H,14H2,1-5H3. The molecule has 1 aromatic carbocycles. The Kier molecular flexibility index (Phi) is 3.28. The zero-order valence-corrected chi connectivity index (χ0v) is 10.4. The first-order valence-electron chi connectivity index (χ1n) is 5.44. The SMILES string of the molecule is Cc1c(N)cccc1NC(C)C(C)(C)C. The van der Waals surface area contributed by atoms with Gasteiger partial charge in [-0.3, -0.25) is 0 Å². The Morgan fingerprint density at radius 1 is 1.27 bits per heavy atom. The number of rotatable bonds is 2. The Morgan fingerprint density at radius 2 is 1.87 bits per heavy atom. The van der Waals surface area contributed by atoms with Crippen LogP contribution in [0.5, 0.6) is 0 Å². The monoisotopic (exact) mass is 206 g/mol. The molecule has 0 fully saturated rings. The summed E-state index contributed by atoms with van der Waals surface area (Å²) < 4.78 is 0. The van der Waals surface area contributed by atoms with Crippen LogP contribution < -0.4 is 11.1 Å². The first-order valence-corrected chi connectivity index (χ1v) is 5.44. The van der Waals surface area contributed by atoms with Crippen LogP contribution in [0, 0.1) is 12.3 Å². The van der Waals surface area contributed by atoms with E-state index in [1.165, 1.54) is 0 Å². The van der Waals surface area contributed by atoms with Crippen molar-refractivity contribution in [1.82, 2.24) is 0 Å². The van der Waals surface area contributed by atoms with E-state index in [0.29, 0.717) is 6.04 Å². The van der Waals surface area contributed by atoms with Gasteiger partial charge in [-0.1, -0.05) is 26.8 Å². The molecule has 0 aliphatic carbocycles. The highest BCUT2D eigenvalue weighted by atomic mass is 14.9. The summed E-state index contributed by atoms with van der Waals surface area (Å²) in [5.41, 5.74) is 9.23. The van der Waals surface area contributed by atoms with Crippen molar-refractivity contribution in [3.63, 3.8) is 0 Å². The third kappa shape index (κ3) is 2.88. The minimum absolute atomic E-state index is 0.247. The maximum absolute atomic E-state index is 5.87. The molecule has 3 N–H and O–H groups in total. The van der Waals surface area contributed by atoms with E-state index in [1.807, 2.05) is 19.1 Å². The van der Waals surface area contributed by atoms with Crippen LogP contribution in [0.4, 0.5) is 11.4 Å². The maximum Gasteiger partial charge on any atom is 0.0392 e. The molecule has 2 nitrogen and oxygen atoms in total. The lowest BCUT2D eigenvalue weighted by Crippen LogP contribution is -2.31. The lowest BCUT2D eigenvalue weighted by atomic mass is 9.88. The molecule has 0 aromatic heterocycles. The Balaban J connectivity index is 2.86. The molecule has 0 saturated carbocycles. The molecule has 1 unspecified atom stereocenters. The smallest absolute Gasteiger partial charge is 0.0392 e. The summed E-state index contributed by atoms with van der Waals surface area (Å²) in [5.74, 6) is 0. The van der Waals surface area contributed by atoms with Gasteiger partial charge in [0.05, 0.1) is 0 Å². The van der Waals surface area contributed by atoms with Gasteiger partial charge in [0.25, 0.3) is 0 Å². The molecule has 0 bridgehead atoms. The average molecular weight is 206 g/mol. The van der Waals surface area contributed by atoms with Crippen LogP contribution in [0.2, 0.25) is 0 Å². The van der Waals surface area contributed by atoms with Gasteiger partial charge in [-0.05, 0) is 37.0 Å². The normalized spacial score (nSPS) is 13.7. The molecular formula is C13H22N2. The molecular weight excluding hydrogens is 184 g/mol. The molecule has 1 aromatic rings. The van der Waals surface area contributed by atoms with Crippen molar-refractivity contribution in [3.8, 4) is 0 Å². The van der Waals surface area contributed by atoms with Crippen LogP contribution >= 0.6 is 0 Å². The van der Waals surface area contributed by atoms with Gasteiger partial charge in [0.15, 0.2) is 0 Å². The second-order valence-electron chi connectivity index (χ2n) is 5.25. The molecule has 0 radical (unpaired) electrons. The van der Waals surface area contributed by atoms with Crippen LogP contribution in [-0.2, 0) is 0 Å². The summed E-state index contributed by atoms with van der Waals surface area (Å²) in [7, 11) is 0. The van der Waals surface area contributed by atoms with E-state index in [-0.39, 0.29) is 5.41 Å². The minimum Gasteiger partial charge on any atom is -0.398 e. The van der Waals surface area contributed by atoms with Crippen molar-refractivity contribution in [2.75, 3.05) is 11.1 Å². The molecule has 15 heavy (non-hydrogen) atoms. The second kappa shape index (κ2) is 4.13. The van der Waals surface area contributed by atoms with Gasteiger partial charge in [0, 0.05) is 17.4 Å². The van der Waals surface area contributed by atoms with Crippen molar-refractivity contribution in [2.45, 2.75) is 40.7 Å². The lowest BCUT2D eigenvalue weighted by Gasteiger charge is -2.29. The van der Waals surface area contributed by atoms with Gasteiger partial charge >= 0.3 is 0 Å². The third-order valence-corrected chi connectivity index (χ3v) is 3.05. The summed E-state index contributed by atoms with van der Waals surface area (Å²) in [6, 6.07) is 6.41. The number of hydrogen-bond donors (Lipinski definition) is 2. The first kappa shape index (κ1) is 11.9. The molecule has 0 aliphatic rings. The van der Waals surface area contributed by atoms with Crippen molar-refractivity contribution >= 4 is 11.4 Å². The van der Waals surface area contributed by atoms with Crippen molar-refractivity contribution in [1.29, 1.82) is 0 Å². The first-order chi connectivity index (χ1) is 6.82. The fourth-order valence-corrected chi connectivity index (χ4v) is 1.26. The highest BCUT2D eigenvalue weighted by molar-refractivity contribution is 5.63. The van der Waals surface area contributed by atoms with Crippen molar-refractivity contribution < 1.29 is 0 Å². The van der Waals surface area contributed by atoms with Crippen molar-refractivity contribution in [3.05, 3.63) is 23.8 Å². The van der Waals surface area contributed by atoms with E-state index in [1.54, 1.807) is 0 Å². The van der Waals surface area contributed by atoms with E-state index >= 15 is 0 Å². The number of hydrogen-bond acceptors (Lipinski definition) is 2. The molecule has 0 amide bonds. The quantitative estimate of drug-likeness (QED) is 0.728. The summed E-state index contributed by atoms with van der Waals surface area (Å²) in [5, 5.41) is 3.51. The molecule has 2 heteroatoms. The average Bonchev–Trinajstić information content (AvgIpc) is 2.11. The minimum atomic E-state index is 0.247. The van der Waals surface area contributed by atoms with E-state index in [4.69, 9.17) is 5.73 Å². The number of benzene rings is 1. The molecule has 0 heterocycles. The Morgan fingerprint density at radius 3 is 2.40 bits per heavy atom. The number of nitrogen functional groups attached to an aromatic ring is 1. The van der Waals surface area contributed by atoms with E-state index in [2.05, 4.69) is 39.1 Å². The van der Waals surface area contributed by atoms with Crippen LogP contribution in [0.1, 0.15) is 33.3 Å². The molecule has 0 spiro atoms. The predicted molar refractivity (Wildman–Crippen MR) is 68.1 cm³/mol. The number of nitrogens with two attached hydrogens (primary N) is 1. The number of nitrogens with one attached hydrogen (secondary N) is 1. The zero-order valence-electron chi connectivity index (χ0n) is 10.4. The van der Waals surface area contributed by atoms with Crippen LogP contribution in [-0.4, -0.2) is 6.04 Å². The summed E-state index contributed by atoms with van der Waals surface area (Å²) >= 11 is 0. The fraction of sp³-hybridized carbons (Fsp3) is 0.538. The van der Waals surface area contributed by atoms with Crippen LogP contribution in [0.3, 0.4) is 0 Å². The predicted octanol–water partition coefficient (Wildman–Crippen LogP) is 3.42. The summed E-state index contributed by atoms with van der Waals surface area (Å²) in [6.45, 7) is 10.9. The maximum atomic E-state index is 5.87. The van der Waals surface area contributed by atoms with Gasteiger partial charge in [-0.25, -0.2) is 0 Å². The summed E-state index contributed by atoms with van der Waals surface area (Å²) in [4.78, 5) is 0. The molecule has 1 atom stereocenters. The number of anilines is 2. The Hall–Kier alpha value is -1.18. The largest absolute Gasteiger partial charge is 0.398 e. The van der Waals surface area contributed by atoms with E-state index in [0.717, 1.165) is 16.9 Å². The lowest BCUT2D eigenvalue weighted by molar-refractivity contribution is 0.359. The molecule has 1 rings (SSSR count). The Labute approximate surface area is 92.9 Å². The topological polar surface area (TPSA) is 38.0 Å². The fourth-order valence-electron chi connectivity index (χ4n) is 1.26. The highest BCUT2D eigenvalue weighted by Gasteiger charge is 2.20. The van der Waals surface area contributed by atoms with Crippen LogP contribution in [0.15, 0.2) is 18.2 Å². The zero-order chi connectivity index (χ0) is 11.6. The van der Waals surface area contributed by atoms with E-state index in [9.17, 15) is 0 Å².